The molecule has 1 aromatic rings. The van der Waals surface area contributed by atoms with Gasteiger partial charge in [-0.05, 0) is 0 Å². The number of carbonyl (C=O) groups is 1. The number of aromatic nitrogens is 2. The van der Waals surface area contributed by atoms with E-state index in [-0.39, 0.29) is 5.91 Å². The number of nitrogens with one attached hydrogen (secondary N) is 1. The molecule has 4 nitrogen and oxygen atoms in total. The summed E-state index contributed by atoms with van der Waals surface area (Å²) >= 11 is 24.5. The Morgan fingerprint density at radius 3 is 2.32 bits per heavy atom. The van der Waals surface area contributed by atoms with Crippen LogP contribution >= 0.6 is 46.4 Å². The average molecular weight is 347 g/mol. The highest BCUT2D eigenvalue weighted by molar-refractivity contribution is 6.55. The van der Waals surface area contributed by atoms with E-state index in [1.165, 1.54) is 17.1 Å². The molecule has 0 aliphatic rings. The number of imidazole rings is 1. The number of amides is 1. The molecule has 0 aliphatic carbocycles. The molecule has 0 saturated heterocycles. The van der Waals surface area contributed by atoms with Crippen molar-refractivity contribution >= 4 is 52.3 Å². The maximum absolute atomic E-state index is 11.9. The number of halogens is 4. The molecule has 1 amide bonds. The van der Waals surface area contributed by atoms with Crippen LogP contribution in [0.1, 0.15) is 26.3 Å². The molecule has 0 fully saturated rings. The zero-order valence-electron chi connectivity index (χ0n) is 10.7. The molecular formula is C11H15Cl4N3O. The van der Waals surface area contributed by atoms with E-state index in [9.17, 15) is 4.79 Å². The van der Waals surface area contributed by atoms with E-state index >= 15 is 0 Å². The van der Waals surface area contributed by atoms with Gasteiger partial charge in [0.2, 0.25) is 5.91 Å². The SMILES string of the molecule is CC(C)(C)C(=O)NC(Cl)C(Cl)(Cl)C(Cl)n1ccnc1. The number of carbonyl (C=O) groups excluding carboxylic acids is 1. The van der Waals surface area contributed by atoms with Gasteiger partial charge in [0.25, 0.3) is 0 Å². The summed E-state index contributed by atoms with van der Waals surface area (Å²) in [7, 11) is 0. The van der Waals surface area contributed by atoms with Crippen LogP contribution in [0.15, 0.2) is 18.7 Å². The first-order valence-corrected chi connectivity index (χ1v) is 7.14. The molecule has 1 N–H and O–H groups in total. The molecule has 0 aromatic carbocycles. The first-order valence-electron chi connectivity index (χ1n) is 5.51. The molecule has 1 heterocycles. The number of hydrogen-bond acceptors (Lipinski definition) is 2. The topological polar surface area (TPSA) is 46.9 Å². The smallest absolute Gasteiger partial charge is 0.226 e. The van der Waals surface area contributed by atoms with Crippen LogP contribution in [0.4, 0.5) is 0 Å². The van der Waals surface area contributed by atoms with Crippen LogP contribution in [-0.4, -0.2) is 25.3 Å². The molecule has 2 atom stereocenters. The largest absolute Gasteiger partial charge is 0.337 e. The molecule has 1 rings (SSSR count). The minimum atomic E-state index is -1.59. The zero-order chi connectivity index (χ0) is 14.8. The summed E-state index contributed by atoms with van der Waals surface area (Å²) in [5.41, 5.74) is -2.53. The van der Waals surface area contributed by atoms with Crippen molar-refractivity contribution in [1.29, 1.82) is 0 Å². The van der Waals surface area contributed by atoms with Crippen LogP contribution < -0.4 is 5.32 Å². The summed E-state index contributed by atoms with van der Waals surface area (Å²) < 4.78 is -0.0924. The highest BCUT2D eigenvalue weighted by Crippen LogP contribution is 2.41. The zero-order valence-corrected chi connectivity index (χ0v) is 13.7. The fourth-order valence-electron chi connectivity index (χ4n) is 1.15. The lowest BCUT2D eigenvalue weighted by Gasteiger charge is -2.32. The Morgan fingerprint density at radius 1 is 1.32 bits per heavy atom. The van der Waals surface area contributed by atoms with Gasteiger partial charge in [-0.25, -0.2) is 4.98 Å². The number of nitrogens with zero attached hydrogens (tertiary/aromatic N) is 2. The predicted molar refractivity (Wildman–Crippen MR) is 78.8 cm³/mol. The van der Waals surface area contributed by atoms with Crippen molar-refractivity contribution in [3.63, 3.8) is 0 Å². The normalized spacial score (nSPS) is 15.9. The molecule has 19 heavy (non-hydrogen) atoms. The van der Waals surface area contributed by atoms with E-state index in [4.69, 9.17) is 46.4 Å². The van der Waals surface area contributed by atoms with Gasteiger partial charge in [-0.1, -0.05) is 67.2 Å². The third-order valence-corrected chi connectivity index (χ3v) is 4.70. The molecule has 0 radical (unpaired) electrons. The Labute approximate surface area is 132 Å². The average Bonchev–Trinajstić information content (AvgIpc) is 2.79. The van der Waals surface area contributed by atoms with E-state index in [1.54, 1.807) is 27.0 Å². The standard InChI is InChI=1S/C11H15Cl4N3O/c1-10(2,3)9(19)17-7(12)11(14,15)8(13)18-5-4-16-6-18/h4-8H,1-3H3,(H,17,19). The predicted octanol–water partition coefficient (Wildman–Crippen LogP) is 3.52. The van der Waals surface area contributed by atoms with Gasteiger partial charge >= 0.3 is 0 Å². The fraction of sp³-hybridized carbons (Fsp3) is 0.636. The molecular weight excluding hydrogens is 332 g/mol. The van der Waals surface area contributed by atoms with Crippen LogP contribution in [0, 0.1) is 5.41 Å². The molecule has 0 spiro atoms. The Bertz CT molecular complexity index is 428. The summed E-state index contributed by atoms with van der Waals surface area (Å²) in [5, 5.41) is 2.55. The maximum atomic E-state index is 11.9. The second-order valence-corrected chi connectivity index (χ2v) is 7.40. The lowest BCUT2D eigenvalue weighted by atomic mass is 9.96. The van der Waals surface area contributed by atoms with Gasteiger partial charge in [-0.2, -0.15) is 0 Å². The second-order valence-electron chi connectivity index (χ2n) is 5.11. The Balaban J connectivity index is 2.79. The van der Waals surface area contributed by atoms with Crippen molar-refractivity contribution in [3.05, 3.63) is 18.7 Å². The van der Waals surface area contributed by atoms with Gasteiger partial charge in [0.1, 0.15) is 11.0 Å². The molecule has 0 bridgehead atoms. The summed E-state index contributed by atoms with van der Waals surface area (Å²) in [6.07, 6.45) is 4.61. The lowest BCUT2D eigenvalue weighted by molar-refractivity contribution is -0.128. The van der Waals surface area contributed by atoms with E-state index in [0.29, 0.717) is 0 Å². The van der Waals surface area contributed by atoms with Crippen molar-refractivity contribution in [3.8, 4) is 0 Å². The van der Waals surface area contributed by atoms with Crippen molar-refractivity contribution in [1.82, 2.24) is 14.9 Å². The maximum Gasteiger partial charge on any atom is 0.226 e. The van der Waals surface area contributed by atoms with Gasteiger partial charge in [0.15, 0.2) is 4.33 Å². The third kappa shape index (κ3) is 4.15. The van der Waals surface area contributed by atoms with Crippen LogP contribution in [-0.2, 0) is 4.79 Å². The van der Waals surface area contributed by atoms with Crippen molar-refractivity contribution in [2.75, 3.05) is 0 Å². The lowest BCUT2D eigenvalue weighted by Crippen LogP contribution is -2.49. The second kappa shape index (κ2) is 6.08. The van der Waals surface area contributed by atoms with Gasteiger partial charge in [-0.15, -0.1) is 0 Å². The van der Waals surface area contributed by atoms with Crippen molar-refractivity contribution < 1.29 is 4.79 Å². The minimum absolute atomic E-state index is 0.271. The van der Waals surface area contributed by atoms with E-state index in [0.717, 1.165) is 0 Å². The molecule has 8 heteroatoms. The number of alkyl halides is 4. The van der Waals surface area contributed by atoms with Crippen LogP contribution in [0.25, 0.3) is 0 Å². The van der Waals surface area contributed by atoms with E-state index in [2.05, 4.69) is 10.3 Å². The van der Waals surface area contributed by atoms with Crippen LogP contribution in [0.3, 0.4) is 0 Å². The molecule has 0 aliphatic heterocycles. The summed E-state index contributed by atoms with van der Waals surface area (Å²) in [4.78, 5) is 15.7. The van der Waals surface area contributed by atoms with Crippen molar-refractivity contribution in [2.45, 2.75) is 36.1 Å². The Kier molecular flexibility index (Phi) is 5.41. The minimum Gasteiger partial charge on any atom is -0.337 e. The monoisotopic (exact) mass is 345 g/mol. The first-order chi connectivity index (χ1) is 8.56. The molecule has 2 unspecified atom stereocenters. The van der Waals surface area contributed by atoms with Gasteiger partial charge in [0.05, 0.1) is 6.33 Å². The Morgan fingerprint density at radius 2 is 1.89 bits per heavy atom. The van der Waals surface area contributed by atoms with Crippen LogP contribution in [0.5, 0.6) is 0 Å². The quantitative estimate of drug-likeness (QED) is 0.669. The van der Waals surface area contributed by atoms with Crippen LogP contribution in [0.2, 0.25) is 0 Å². The summed E-state index contributed by atoms with van der Waals surface area (Å²) in [5.74, 6) is -0.271. The van der Waals surface area contributed by atoms with E-state index < -0.39 is 20.8 Å². The Hall–Kier alpha value is -0.160. The van der Waals surface area contributed by atoms with Crippen molar-refractivity contribution in [2.24, 2.45) is 5.41 Å². The van der Waals surface area contributed by atoms with Gasteiger partial charge in [-0.3, -0.25) is 4.79 Å². The summed E-state index contributed by atoms with van der Waals surface area (Å²) in [6, 6.07) is 0. The molecule has 0 saturated carbocycles. The third-order valence-electron chi connectivity index (χ3n) is 2.38. The van der Waals surface area contributed by atoms with Gasteiger partial charge < -0.3 is 9.88 Å². The van der Waals surface area contributed by atoms with Gasteiger partial charge in [0, 0.05) is 17.8 Å². The molecule has 1 aromatic heterocycles. The number of rotatable bonds is 4. The highest BCUT2D eigenvalue weighted by atomic mass is 35.5. The fourth-order valence-corrected chi connectivity index (χ4v) is 2.01. The summed E-state index contributed by atoms with van der Waals surface area (Å²) in [6.45, 7) is 5.26. The van der Waals surface area contributed by atoms with E-state index in [1.807, 2.05) is 0 Å². The molecule has 108 valence electrons. The first kappa shape index (κ1) is 16.9. The highest BCUT2D eigenvalue weighted by Gasteiger charge is 2.43. The number of hydrogen-bond donors (Lipinski definition) is 1.